The number of thioether (sulfide) groups is 1. The number of carbonyl (C=O) groups excluding carboxylic acids is 2. The van der Waals surface area contributed by atoms with Crippen LogP contribution in [0.15, 0.2) is 75.7 Å². The maximum Gasteiger partial charge on any atom is 0.287 e. The second kappa shape index (κ2) is 11.9. The number of ether oxygens (including phenoxy) is 2. The fourth-order valence-corrected chi connectivity index (χ4v) is 4.23. The van der Waals surface area contributed by atoms with Gasteiger partial charge in [0.2, 0.25) is 0 Å². The van der Waals surface area contributed by atoms with Gasteiger partial charge in [0.1, 0.15) is 11.4 Å². The smallest absolute Gasteiger partial charge is 0.287 e. The number of benzene rings is 2. The molecule has 1 aromatic heterocycles. The highest BCUT2D eigenvalue weighted by molar-refractivity contribution is 8.00. The molecule has 0 aliphatic carbocycles. The fraction of sp³-hybridized carbons (Fsp3) is 0.125. The first-order chi connectivity index (χ1) is 16.0. The molecule has 2 amide bonds. The molecule has 0 saturated carbocycles. The van der Waals surface area contributed by atoms with Crippen LogP contribution in [-0.2, 0) is 4.79 Å². The molecule has 0 spiro atoms. The molecule has 0 aliphatic heterocycles. The molecular formula is C24H23N3O4S2. The summed E-state index contributed by atoms with van der Waals surface area (Å²) in [5.74, 6) is -0.283. The topological polar surface area (TPSA) is 89.0 Å². The van der Waals surface area contributed by atoms with Gasteiger partial charge in [-0.25, -0.2) is 5.43 Å². The standard InChI is InChI=1S/C24H23N3O4S2/c1-30-19-11-9-16(10-12-19)13-20(26-22(28)17-7-5-4-6-8-17)23(29)27-25-15-18-14-21(32-3)33-24(18)31-2/h4-15H,1-3H3,(H,26,28)(H,27,29). The van der Waals surface area contributed by atoms with E-state index in [2.05, 4.69) is 15.8 Å². The Morgan fingerprint density at radius 3 is 2.39 bits per heavy atom. The number of nitrogens with one attached hydrogen (secondary N) is 2. The molecule has 1 heterocycles. The van der Waals surface area contributed by atoms with Crippen molar-refractivity contribution in [2.75, 3.05) is 20.5 Å². The highest BCUT2D eigenvalue weighted by atomic mass is 32.2. The van der Waals surface area contributed by atoms with Crippen molar-refractivity contribution in [3.8, 4) is 10.8 Å². The summed E-state index contributed by atoms with van der Waals surface area (Å²) in [6.07, 6.45) is 5.05. The average molecular weight is 482 g/mol. The monoisotopic (exact) mass is 481 g/mol. The van der Waals surface area contributed by atoms with Crippen molar-refractivity contribution in [2.24, 2.45) is 5.10 Å². The van der Waals surface area contributed by atoms with Gasteiger partial charge in [-0.2, -0.15) is 5.10 Å². The molecule has 0 atom stereocenters. The van der Waals surface area contributed by atoms with E-state index >= 15 is 0 Å². The van der Waals surface area contributed by atoms with Crippen LogP contribution in [0.25, 0.3) is 6.08 Å². The van der Waals surface area contributed by atoms with Crippen molar-refractivity contribution >= 4 is 47.2 Å². The molecule has 0 bridgehead atoms. The van der Waals surface area contributed by atoms with Gasteiger partial charge < -0.3 is 14.8 Å². The van der Waals surface area contributed by atoms with E-state index in [9.17, 15) is 9.59 Å². The van der Waals surface area contributed by atoms with Gasteiger partial charge in [0, 0.05) is 11.1 Å². The zero-order chi connectivity index (χ0) is 23.6. The first kappa shape index (κ1) is 24.1. The summed E-state index contributed by atoms with van der Waals surface area (Å²) in [6, 6.07) is 17.7. The number of hydrogen-bond donors (Lipinski definition) is 2. The van der Waals surface area contributed by atoms with E-state index < -0.39 is 11.8 Å². The van der Waals surface area contributed by atoms with E-state index in [1.54, 1.807) is 80.6 Å². The van der Waals surface area contributed by atoms with Gasteiger partial charge in [-0.3, -0.25) is 9.59 Å². The van der Waals surface area contributed by atoms with Gasteiger partial charge in [-0.1, -0.05) is 41.7 Å². The minimum atomic E-state index is -0.564. The predicted molar refractivity (Wildman–Crippen MR) is 133 cm³/mol. The summed E-state index contributed by atoms with van der Waals surface area (Å²) >= 11 is 3.09. The molecule has 33 heavy (non-hydrogen) atoms. The van der Waals surface area contributed by atoms with Crippen molar-refractivity contribution in [2.45, 2.75) is 4.21 Å². The Hall–Kier alpha value is -3.56. The maximum atomic E-state index is 12.9. The van der Waals surface area contributed by atoms with Gasteiger partial charge in [-0.15, -0.1) is 11.8 Å². The van der Waals surface area contributed by atoms with E-state index in [1.807, 2.05) is 18.4 Å². The van der Waals surface area contributed by atoms with Crippen LogP contribution in [0.1, 0.15) is 21.5 Å². The van der Waals surface area contributed by atoms with Crippen LogP contribution in [0.3, 0.4) is 0 Å². The van der Waals surface area contributed by atoms with Crippen molar-refractivity contribution in [3.05, 3.63) is 83.1 Å². The molecule has 0 fully saturated rings. The number of nitrogens with zero attached hydrogens (tertiary/aromatic N) is 1. The Kier molecular flexibility index (Phi) is 8.68. The minimum Gasteiger partial charge on any atom is -0.497 e. The second-order valence-corrected chi connectivity index (χ2v) is 8.69. The van der Waals surface area contributed by atoms with Gasteiger partial charge in [0.05, 0.1) is 24.6 Å². The quantitative estimate of drug-likeness (QED) is 0.205. The van der Waals surface area contributed by atoms with Crippen LogP contribution in [0.5, 0.6) is 10.8 Å². The third-order valence-corrected chi connectivity index (χ3v) is 6.59. The molecule has 0 saturated heterocycles. The van der Waals surface area contributed by atoms with Gasteiger partial charge in [0.25, 0.3) is 11.8 Å². The highest BCUT2D eigenvalue weighted by Gasteiger charge is 2.15. The molecule has 2 N–H and O–H groups in total. The largest absolute Gasteiger partial charge is 0.497 e. The van der Waals surface area contributed by atoms with Crippen molar-refractivity contribution in [1.29, 1.82) is 0 Å². The van der Waals surface area contributed by atoms with Crippen molar-refractivity contribution in [3.63, 3.8) is 0 Å². The predicted octanol–water partition coefficient (Wildman–Crippen LogP) is 4.41. The lowest BCUT2D eigenvalue weighted by Crippen LogP contribution is -2.32. The van der Waals surface area contributed by atoms with Gasteiger partial charge >= 0.3 is 0 Å². The summed E-state index contributed by atoms with van der Waals surface area (Å²) in [7, 11) is 3.16. The molecule has 9 heteroatoms. The van der Waals surface area contributed by atoms with E-state index in [0.717, 1.165) is 9.77 Å². The summed E-state index contributed by atoms with van der Waals surface area (Å²) in [5.41, 5.74) is 4.42. The third kappa shape index (κ3) is 6.71. The highest BCUT2D eigenvalue weighted by Crippen LogP contribution is 2.34. The van der Waals surface area contributed by atoms with Crippen molar-refractivity contribution < 1.29 is 19.1 Å². The molecule has 3 rings (SSSR count). The number of rotatable bonds is 9. The van der Waals surface area contributed by atoms with E-state index in [4.69, 9.17) is 9.47 Å². The van der Waals surface area contributed by atoms with Crippen LogP contribution in [0.4, 0.5) is 0 Å². The zero-order valence-corrected chi connectivity index (χ0v) is 20.0. The Morgan fingerprint density at radius 2 is 1.76 bits per heavy atom. The first-order valence-corrected chi connectivity index (χ1v) is 11.9. The Balaban J connectivity index is 1.81. The van der Waals surface area contributed by atoms with E-state index in [-0.39, 0.29) is 5.70 Å². The number of amides is 2. The lowest BCUT2D eigenvalue weighted by molar-refractivity contribution is -0.117. The SMILES string of the molecule is COc1ccc(C=C(NC(=O)c2ccccc2)C(=O)NN=Cc2cc(SC)sc2OC)cc1. The minimum absolute atomic E-state index is 0.0493. The number of hydrazone groups is 1. The summed E-state index contributed by atoms with van der Waals surface area (Å²) in [5, 5.41) is 7.42. The van der Waals surface area contributed by atoms with Crippen LogP contribution >= 0.6 is 23.1 Å². The Labute approximate surface area is 200 Å². The summed E-state index contributed by atoms with van der Waals surface area (Å²) in [4.78, 5) is 25.5. The van der Waals surface area contributed by atoms with Crippen LogP contribution in [0, 0.1) is 0 Å². The third-order valence-electron chi connectivity index (χ3n) is 4.41. The number of carbonyl (C=O) groups is 2. The average Bonchev–Trinajstić information content (AvgIpc) is 3.26. The molecule has 3 aromatic rings. The van der Waals surface area contributed by atoms with Gasteiger partial charge in [0.15, 0.2) is 5.06 Å². The first-order valence-electron chi connectivity index (χ1n) is 9.81. The molecular weight excluding hydrogens is 458 g/mol. The van der Waals surface area contributed by atoms with E-state index in [0.29, 0.717) is 21.9 Å². The molecule has 7 nitrogen and oxygen atoms in total. The maximum absolute atomic E-state index is 12.9. The Bertz CT molecular complexity index is 1160. The normalized spacial score (nSPS) is 11.3. The number of hydrogen-bond acceptors (Lipinski definition) is 7. The lowest BCUT2D eigenvalue weighted by atomic mass is 10.1. The van der Waals surface area contributed by atoms with Crippen LogP contribution in [0.2, 0.25) is 0 Å². The zero-order valence-electron chi connectivity index (χ0n) is 18.3. The fourth-order valence-electron chi connectivity index (χ4n) is 2.75. The molecule has 0 aliphatic rings. The van der Waals surface area contributed by atoms with Gasteiger partial charge in [-0.05, 0) is 48.2 Å². The molecule has 170 valence electrons. The van der Waals surface area contributed by atoms with E-state index in [1.165, 1.54) is 17.6 Å². The molecule has 2 aromatic carbocycles. The van der Waals surface area contributed by atoms with Crippen molar-refractivity contribution in [1.82, 2.24) is 10.7 Å². The van der Waals surface area contributed by atoms with Crippen LogP contribution < -0.4 is 20.2 Å². The second-order valence-electron chi connectivity index (χ2n) is 6.57. The number of thiophene rings is 1. The summed E-state index contributed by atoms with van der Waals surface area (Å²) in [6.45, 7) is 0. The Morgan fingerprint density at radius 1 is 1.03 bits per heavy atom. The van der Waals surface area contributed by atoms with Crippen LogP contribution in [-0.4, -0.2) is 38.5 Å². The number of methoxy groups -OCH3 is 2. The summed E-state index contributed by atoms with van der Waals surface area (Å²) < 4.78 is 11.6. The molecule has 0 radical (unpaired) electrons. The molecule has 0 unspecified atom stereocenters. The lowest BCUT2D eigenvalue weighted by Gasteiger charge is -2.09.